The van der Waals surface area contributed by atoms with E-state index in [0.29, 0.717) is 12.3 Å². The van der Waals surface area contributed by atoms with Gasteiger partial charge in [-0.2, -0.15) is 9.61 Å². The van der Waals surface area contributed by atoms with Crippen LogP contribution in [-0.4, -0.2) is 54.7 Å². The Labute approximate surface area is 108 Å². The Morgan fingerprint density at radius 1 is 1.58 bits per heavy atom. The Morgan fingerprint density at radius 3 is 3.05 bits per heavy atom. The van der Waals surface area contributed by atoms with Crippen LogP contribution < -0.4 is 5.73 Å². The second-order valence-corrected chi connectivity index (χ2v) is 4.90. The van der Waals surface area contributed by atoms with E-state index in [9.17, 15) is 10.2 Å². The molecule has 3 rings (SSSR count). The van der Waals surface area contributed by atoms with Gasteiger partial charge in [-0.1, -0.05) is 0 Å². The number of aliphatic hydroxyl groups excluding tert-OH is 2. The summed E-state index contributed by atoms with van der Waals surface area (Å²) in [4.78, 5) is 7.98. The van der Waals surface area contributed by atoms with E-state index >= 15 is 0 Å². The van der Waals surface area contributed by atoms with E-state index in [1.54, 1.807) is 13.1 Å². The van der Waals surface area contributed by atoms with E-state index in [4.69, 9.17) is 10.5 Å². The molecule has 3 heterocycles. The van der Waals surface area contributed by atoms with Gasteiger partial charge in [-0.05, 0) is 6.92 Å². The Hall–Kier alpha value is -1.77. The number of aliphatic hydroxyl groups is 2. The predicted octanol–water partition coefficient (Wildman–Crippen LogP) is -1.07. The summed E-state index contributed by atoms with van der Waals surface area (Å²) >= 11 is 0. The number of nitrogen functional groups attached to an aromatic ring is 1. The summed E-state index contributed by atoms with van der Waals surface area (Å²) in [5, 5.41) is 23.7. The van der Waals surface area contributed by atoms with Gasteiger partial charge in [0.05, 0.1) is 25.5 Å². The minimum atomic E-state index is -0.961. The molecule has 2 aromatic heterocycles. The van der Waals surface area contributed by atoms with Crippen molar-refractivity contribution in [1.82, 2.24) is 19.6 Å². The van der Waals surface area contributed by atoms with Gasteiger partial charge in [-0.15, -0.1) is 0 Å². The van der Waals surface area contributed by atoms with Crippen LogP contribution in [0.15, 0.2) is 12.5 Å². The Kier molecular flexibility index (Phi) is 2.66. The zero-order valence-corrected chi connectivity index (χ0v) is 10.4. The Morgan fingerprint density at radius 2 is 2.37 bits per heavy atom. The number of nitrogens with zero attached hydrogens (tertiary/aromatic N) is 4. The minimum absolute atomic E-state index is 0.231. The molecule has 1 fully saturated rings. The van der Waals surface area contributed by atoms with E-state index in [1.807, 2.05) is 0 Å². The SMILES string of the molecule is CC1(CO)OCC(c2cnn3c(N)ncnc23)C1O. The monoisotopic (exact) mass is 265 g/mol. The van der Waals surface area contributed by atoms with Crippen LogP contribution in [0.1, 0.15) is 18.4 Å². The third-order valence-corrected chi connectivity index (χ3v) is 3.67. The number of rotatable bonds is 2. The molecule has 0 amide bonds. The fourth-order valence-electron chi connectivity index (χ4n) is 2.39. The quantitative estimate of drug-likeness (QED) is 0.632. The average Bonchev–Trinajstić information content (AvgIpc) is 2.95. The summed E-state index contributed by atoms with van der Waals surface area (Å²) in [5.41, 5.74) is 6.02. The normalized spacial score (nSPS) is 31.1. The van der Waals surface area contributed by atoms with Crippen LogP contribution in [-0.2, 0) is 4.74 Å². The first kappa shape index (κ1) is 12.3. The van der Waals surface area contributed by atoms with Crippen LogP contribution in [0.25, 0.3) is 5.65 Å². The molecule has 0 saturated carbocycles. The van der Waals surface area contributed by atoms with Crippen molar-refractivity contribution in [2.24, 2.45) is 0 Å². The maximum atomic E-state index is 10.3. The van der Waals surface area contributed by atoms with E-state index in [0.717, 1.165) is 5.56 Å². The number of aromatic nitrogens is 4. The van der Waals surface area contributed by atoms with Gasteiger partial charge in [0.1, 0.15) is 11.9 Å². The van der Waals surface area contributed by atoms with Gasteiger partial charge in [-0.25, -0.2) is 9.97 Å². The molecule has 19 heavy (non-hydrogen) atoms. The predicted molar refractivity (Wildman–Crippen MR) is 65.4 cm³/mol. The van der Waals surface area contributed by atoms with Crippen LogP contribution in [0.2, 0.25) is 0 Å². The standard InChI is InChI=1S/C11H15N5O3/c1-11(4-17)8(18)7(3-19-11)6-2-15-16-9(6)13-5-14-10(16)12/h2,5,7-8,17-18H,3-4H2,1H3,(H2,12,13,14). The molecule has 3 unspecified atom stereocenters. The minimum Gasteiger partial charge on any atom is -0.393 e. The molecule has 1 saturated heterocycles. The van der Waals surface area contributed by atoms with Crippen molar-refractivity contribution in [1.29, 1.82) is 0 Å². The molecule has 0 radical (unpaired) electrons. The van der Waals surface area contributed by atoms with E-state index in [2.05, 4.69) is 15.1 Å². The summed E-state index contributed by atoms with van der Waals surface area (Å²) in [7, 11) is 0. The molecule has 0 aliphatic carbocycles. The summed E-state index contributed by atoms with van der Waals surface area (Å²) in [5.74, 6) is -0.0708. The van der Waals surface area contributed by atoms with E-state index < -0.39 is 11.7 Å². The number of fused-ring (bicyclic) bond motifs is 1. The Balaban J connectivity index is 2.05. The lowest BCUT2D eigenvalue weighted by molar-refractivity contribution is -0.0773. The summed E-state index contributed by atoms with van der Waals surface area (Å²) in [6.45, 7) is 1.72. The number of anilines is 1. The molecule has 102 valence electrons. The van der Waals surface area contributed by atoms with Gasteiger partial charge in [-0.3, -0.25) is 0 Å². The van der Waals surface area contributed by atoms with Gasteiger partial charge >= 0.3 is 0 Å². The molecule has 0 spiro atoms. The van der Waals surface area contributed by atoms with Gasteiger partial charge in [0.25, 0.3) is 0 Å². The zero-order chi connectivity index (χ0) is 13.6. The molecule has 0 aromatic carbocycles. The molecular weight excluding hydrogens is 250 g/mol. The summed E-state index contributed by atoms with van der Waals surface area (Å²) in [6.07, 6.45) is 2.12. The van der Waals surface area contributed by atoms with Crippen molar-refractivity contribution in [2.75, 3.05) is 18.9 Å². The topological polar surface area (TPSA) is 119 Å². The van der Waals surface area contributed by atoms with Crippen LogP contribution in [0, 0.1) is 0 Å². The van der Waals surface area contributed by atoms with Gasteiger partial charge in [0, 0.05) is 11.5 Å². The number of hydrogen-bond donors (Lipinski definition) is 3. The first-order chi connectivity index (χ1) is 9.07. The third-order valence-electron chi connectivity index (χ3n) is 3.67. The second-order valence-electron chi connectivity index (χ2n) is 4.90. The van der Waals surface area contributed by atoms with Gasteiger partial charge in [0.15, 0.2) is 5.65 Å². The highest BCUT2D eigenvalue weighted by atomic mass is 16.5. The first-order valence-corrected chi connectivity index (χ1v) is 5.94. The second kappa shape index (κ2) is 4.12. The molecule has 0 bridgehead atoms. The van der Waals surface area contributed by atoms with E-state index in [1.165, 1.54) is 10.8 Å². The summed E-state index contributed by atoms with van der Waals surface area (Å²) in [6, 6.07) is 0. The average molecular weight is 265 g/mol. The van der Waals surface area contributed by atoms with Crippen molar-refractivity contribution in [3.8, 4) is 0 Å². The highest BCUT2D eigenvalue weighted by molar-refractivity contribution is 5.51. The highest BCUT2D eigenvalue weighted by Gasteiger charge is 2.47. The lowest BCUT2D eigenvalue weighted by Gasteiger charge is -2.25. The molecule has 1 aliphatic rings. The lowest BCUT2D eigenvalue weighted by Crippen LogP contribution is -2.41. The highest BCUT2D eigenvalue weighted by Crippen LogP contribution is 2.37. The molecule has 8 heteroatoms. The van der Waals surface area contributed by atoms with Crippen LogP contribution in [0.3, 0.4) is 0 Å². The lowest BCUT2D eigenvalue weighted by atomic mass is 9.89. The largest absolute Gasteiger partial charge is 0.393 e. The van der Waals surface area contributed by atoms with Gasteiger partial charge in [0.2, 0.25) is 5.95 Å². The van der Waals surface area contributed by atoms with Crippen LogP contribution in [0.4, 0.5) is 5.95 Å². The first-order valence-electron chi connectivity index (χ1n) is 5.94. The number of hydrogen-bond acceptors (Lipinski definition) is 7. The molecule has 1 aliphatic heterocycles. The maximum Gasteiger partial charge on any atom is 0.224 e. The maximum absolute atomic E-state index is 10.3. The van der Waals surface area contributed by atoms with Crippen molar-refractivity contribution < 1.29 is 14.9 Å². The number of ether oxygens (including phenoxy) is 1. The zero-order valence-electron chi connectivity index (χ0n) is 10.4. The molecule has 8 nitrogen and oxygen atoms in total. The third kappa shape index (κ3) is 1.68. The van der Waals surface area contributed by atoms with Crippen molar-refractivity contribution in [3.05, 3.63) is 18.1 Å². The fourth-order valence-corrected chi connectivity index (χ4v) is 2.39. The molecule has 4 N–H and O–H groups in total. The van der Waals surface area contributed by atoms with Crippen LogP contribution in [0.5, 0.6) is 0 Å². The smallest absolute Gasteiger partial charge is 0.224 e. The van der Waals surface area contributed by atoms with Crippen molar-refractivity contribution in [3.63, 3.8) is 0 Å². The molecular formula is C11H15N5O3. The Bertz CT molecular complexity index is 615. The van der Waals surface area contributed by atoms with E-state index in [-0.39, 0.29) is 18.5 Å². The van der Waals surface area contributed by atoms with Gasteiger partial charge < -0.3 is 20.7 Å². The number of nitrogens with two attached hydrogens (primary N) is 1. The van der Waals surface area contributed by atoms with Crippen molar-refractivity contribution >= 4 is 11.6 Å². The molecule has 3 atom stereocenters. The van der Waals surface area contributed by atoms with Crippen LogP contribution >= 0.6 is 0 Å². The summed E-state index contributed by atoms with van der Waals surface area (Å²) < 4.78 is 6.92. The van der Waals surface area contributed by atoms with Crippen molar-refractivity contribution in [2.45, 2.75) is 24.5 Å². The fraction of sp³-hybridized carbons (Fsp3) is 0.545. The molecule has 2 aromatic rings.